The average molecular weight is 375 g/mol. The van der Waals surface area contributed by atoms with Crippen molar-refractivity contribution in [2.75, 3.05) is 5.32 Å². The van der Waals surface area contributed by atoms with E-state index in [9.17, 15) is 13.2 Å². The quantitative estimate of drug-likeness (QED) is 0.780. The number of hydrogen-bond donors (Lipinski definition) is 2. The Bertz CT molecular complexity index is 852. The Labute approximate surface area is 155 Å². The summed E-state index contributed by atoms with van der Waals surface area (Å²) in [4.78, 5) is 12.7. The van der Waals surface area contributed by atoms with Gasteiger partial charge < -0.3 is 5.32 Å². The fourth-order valence-electron chi connectivity index (χ4n) is 2.71. The van der Waals surface area contributed by atoms with Crippen molar-refractivity contribution in [2.24, 2.45) is 0 Å². The van der Waals surface area contributed by atoms with Gasteiger partial charge in [-0.15, -0.1) is 0 Å². The number of amides is 1. The van der Waals surface area contributed by atoms with Gasteiger partial charge in [-0.3, -0.25) is 4.79 Å². The second-order valence-electron chi connectivity index (χ2n) is 6.30. The van der Waals surface area contributed by atoms with Crippen molar-refractivity contribution < 1.29 is 13.2 Å². The monoisotopic (exact) mass is 374 g/mol. The Balaban J connectivity index is 2.17. The molecule has 2 aromatic rings. The first-order chi connectivity index (χ1) is 12.3. The summed E-state index contributed by atoms with van der Waals surface area (Å²) < 4.78 is 27.4. The van der Waals surface area contributed by atoms with Gasteiger partial charge in [-0.05, 0) is 49.9 Å². The van der Waals surface area contributed by atoms with Gasteiger partial charge in [0, 0.05) is 5.69 Å². The van der Waals surface area contributed by atoms with E-state index in [0.717, 1.165) is 35.2 Å². The van der Waals surface area contributed by atoms with Crippen molar-refractivity contribution in [1.29, 1.82) is 0 Å². The first-order valence-electron chi connectivity index (χ1n) is 8.79. The van der Waals surface area contributed by atoms with Crippen LogP contribution in [-0.4, -0.2) is 20.4 Å². The topological polar surface area (TPSA) is 75.3 Å². The second kappa shape index (κ2) is 8.47. The van der Waals surface area contributed by atoms with E-state index in [1.807, 2.05) is 39.0 Å². The molecule has 0 heterocycles. The van der Waals surface area contributed by atoms with Crippen LogP contribution in [0.3, 0.4) is 0 Å². The molecule has 0 unspecified atom stereocenters. The maximum absolute atomic E-state index is 12.6. The van der Waals surface area contributed by atoms with Crippen molar-refractivity contribution in [3.63, 3.8) is 0 Å². The Morgan fingerprint density at radius 1 is 1.00 bits per heavy atom. The molecule has 26 heavy (non-hydrogen) atoms. The predicted octanol–water partition coefficient (Wildman–Crippen LogP) is 3.43. The van der Waals surface area contributed by atoms with E-state index in [2.05, 4.69) is 10.0 Å². The van der Waals surface area contributed by atoms with E-state index in [4.69, 9.17) is 0 Å². The maximum Gasteiger partial charge on any atom is 0.242 e. The predicted molar refractivity (Wildman–Crippen MR) is 105 cm³/mol. The van der Waals surface area contributed by atoms with Gasteiger partial charge in [0.1, 0.15) is 0 Å². The van der Waals surface area contributed by atoms with Crippen molar-refractivity contribution in [3.8, 4) is 0 Å². The van der Waals surface area contributed by atoms with Gasteiger partial charge in [0.2, 0.25) is 15.9 Å². The molecule has 2 aromatic carbocycles. The van der Waals surface area contributed by atoms with Crippen molar-refractivity contribution in [3.05, 3.63) is 59.2 Å². The fourth-order valence-corrected chi connectivity index (χ4v) is 3.91. The summed E-state index contributed by atoms with van der Waals surface area (Å²) in [6.07, 6.45) is 1.57. The molecule has 0 saturated carbocycles. The van der Waals surface area contributed by atoms with Crippen LogP contribution in [0, 0.1) is 6.92 Å². The molecule has 0 fully saturated rings. The third kappa shape index (κ3) is 4.71. The first kappa shape index (κ1) is 20.1. The summed E-state index contributed by atoms with van der Waals surface area (Å²) in [5, 5.41) is 2.90. The normalized spacial score (nSPS) is 12.6. The molecule has 0 spiro atoms. The molecule has 140 valence electrons. The van der Waals surface area contributed by atoms with E-state index >= 15 is 0 Å². The number of carbonyl (C=O) groups is 1. The lowest BCUT2D eigenvalue weighted by atomic mass is 10.0. The second-order valence-corrected chi connectivity index (χ2v) is 8.02. The number of sulfonamides is 1. The first-order valence-corrected chi connectivity index (χ1v) is 10.3. The van der Waals surface area contributed by atoms with Crippen LogP contribution in [0.25, 0.3) is 0 Å². The highest BCUT2D eigenvalue weighted by atomic mass is 32.2. The molecular formula is C20H26N2O3S. The van der Waals surface area contributed by atoms with Crippen LogP contribution >= 0.6 is 0 Å². The average Bonchev–Trinajstić information content (AvgIpc) is 2.61. The molecule has 2 rings (SSSR count). The van der Waals surface area contributed by atoms with E-state index in [-0.39, 0.29) is 10.8 Å². The molecule has 0 aliphatic carbocycles. The lowest BCUT2D eigenvalue weighted by Gasteiger charge is -2.18. The fraction of sp³-hybridized carbons (Fsp3) is 0.350. The van der Waals surface area contributed by atoms with Crippen LogP contribution < -0.4 is 10.0 Å². The molecule has 0 aliphatic rings. The van der Waals surface area contributed by atoms with E-state index in [1.165, 1.54) is 12.1 Å². The van der Waals surface area contributed by atoms with Crippen molar-refractivity contribution in [1.82, 2.24) is 4.72 Å². The highest BCUT2D eigenvalue weighted by molar-refractivity contribution is 7.89. The minimum atomic E-state index is -3.76. The van der Waals surface area contributed by atoms with Crippen LogP contribution in [0.4, 0.5) is 5.69 Å². The molecule has 1 amide bonds. The van der Waals surface area contributed by atoms with E-state index in [1.54, 1.807) is 19.1 Å². The standard InChI is InChI=1S/C20H26N2O3S/c1-5-16-8-7-9-17(6-2)19(16)21-20(23)15(4)22-26(24,25)18-12-10-14(3)11-13-18/h7-13,15,22H,5-6H2,1-4H3,(H,21,23)/t15-/m0/s1. The van der Waals surface area contributed by atoms with Crippen molar-refractivity contribution >= 4 is 21.6 Å². The lowest BCUT2D eigenvalue weighted by molar-refractivity contribution is -0.117. The molecule has 5 nitrogen and oxygen atoms in total. The highest BCUT2D eigenvalue weighted by Gasteiger charge is 2.23. The molecule has 0 radical (unpaired) electrons. The van der Waals surface area contributed by atoms with E-state index < -0.39 is 16.1 Å². The van der Waals surface area contributed by atoms with E-state index in [0.29, 0.717) is 0 Å². The Morgan fingerprint density at radius 2 is 1.54 bits per heavy atom. The summed E-state index contributed by atoms with van der Waals surface area (Å²) >= 11 is 0. The summed E-state index contributed by atoms with van der Waals surface area (Å²) in [5.74, 6) is -0.378. The molecule has 0 aliphatic heterocycles. The number of rotatable bonds is 7. The third-order valence-corrected chi connectivity index (χ3v) is 5.86. The summed E-state index contributed by atoms with van der Waals surface area (Å²) in [7, 11) is -3.76. The van der Waals surface area contributed by atoms with Crippen LogP contribution in [-0.2, 0) is 27.7 Å². The lowest BCUT2D eigenvalue weighted by Crippen LogP contribution is -2.41. The number of anilines is 1. The Hall–Kier alpha value is -2.18. The van der Waals surface area contributed by atoms with Crippen molar-refractivity contribution in [2.45, 2.75) is 51.5 Å². The Morgan fingerprint density at radius 3 is 2.04 bits per heavy atom. The zero-order valence-corrected chi connectivity index (χ0v) is 16.5. The number of hydrogen-bond acceptors (Lipinski definition) is 3. The van der Waals surface area contributed by atoms with Gasteiger partial charge in [0.15, 0.2) is 0 Å². The SMILES string of the molecule is CCc1cccc(CC)c1NC(=O)[C@H](C)NS(=O)(=O)c1ccc(C)cc1. The zero-order chi connectivity index (χ0) is 19.3. The van der Waals surface area contributed by atoms with Crippen LogP contribution in [0.15, 0.2) is 47.4 Å². The van der Waals surface area contributed by atoms with Gasteiger partial charge in [-0.1, -0.05) is 49.7 Å². The summed E-state index contributed by atoms with van der Waals surface area (Å²) in [6.45, 7) is 7.47. The van der Waals surface area contributed by atoms with Gasteiger partial charge in [0.05, 0.1) is 10.9 Å². The van der Waals surface area contributed by atoms with Crippen LogP contribution in [0.1, 0.15) is 37.5 Å². The minimum absolute atomic E-state index is 0.144. The number of para-hydroxylation sites is 1. The maximum atomic E-state index is 12.6. The molecule has 0 bridgehead atoms. The molecule has 2 N–H and O–H groups in total. The number of benzene rings is 2. The third-order valence-electron chi connectivity index (χ3n) is 4.30. The van der Waals surface area contributed by atoms with Gasteiger partial charge in [0.25, 0.3) is 0 Å². The minimum Gasteiger partial charge on any atom is -0.324 e. The summed E-state index contributed by atoms with van der Waals surface area (Å²) in [6, 6.07) is 11.5. The van der Waals surface area contributed by atoms with Gasteiger partial charge >= 0.3 is 0 Å². The molecule has 1 atom stereocenters. The summed E-state index contributed by atoms with van der Waals surface area (Å²) in [5.41, 5.74) is 3.82. The number of aryl methyl sites for hydroxylation is 3. The molecule has 0 saturated heterocycles. The Kier molecular flexibility index (Phi) is 6.56. The van der Waals surface area contributed by atoms with Crippen LogP contribution in [0.5, 0.6) is 0 Å². The highest BCUT2D eigenvalue weighted by Crippen LogP contribution is 2.23. The zero-order valence-electron chi connectivity index (χ0n) is 15.7. The number of carbonyl (C=O) groups excluding carboxylic acids is 1. The largest absolute Gasteiger partial charge is 0.324 e. The molecule has 6 heteroatoms. The smallest absolute Gasteiger partial charge is 0.242 e. The molecule has 0 aromatic heterocycles. The molecular weight excluding hydrogens is 348 g/mol. The number of nitrogens with one attached hydrogen (secondary N) is 2. The van der Waals surface area contributed by atoms with Gasteiger partial charge in [-0.25, -0.2) is 8.42 Å². The van der Waals surface area contributed by atoms with Gasteiger partial charge in [-0.2, -0.15) is 4.72 Å². The van der Waals surface area contributed by atoms with Crippen LogP contribution in [0.2, 0.25) is 0 Å².